The predicted molar refractivity (Wildman–Crippen MR) is 103 cm³/mol. The molecule has 0 unspecified atom stereocenters. The van der Waals surface area contributed by atoms with Gasteiger partial charge in [0.15, 0.2) is 0 Å². The number of ether oxygens (including phenoxy) is 1. The first kappa shape index (κ1) is 18.2. The summed E-state index contributed by atoms with van der Waals surface area (Å²) in [5, 5.41) is 6.69. The molecule has 6 nitrogen and oxygen atoms in total. The van der Waals surface area contributed by atoms with Crippen LogP contribution in [-0.4, -0.2) is 28.6 Å². The number of carbonyl (C=O) groups excluding carboxylic acids is 1. The minimum Gasteiger partial charge on any atom is -0.462 e. The fourth-order valence-corrected chi connectivity index (χ4v) is 3.25. The van der Waals surface area contributed by atoms with Crippen LogP contribution in [0, 0.1) is 6.92 Å². The van der Waals surface area contributed by atoms with E-state index in [1.807, 2.05) is 31.2 Å². The van der Waals surface area contributed by atoms with Crippen LogP contribution in [0.4, 0.5) is 17.5 Å². The van der Waals surface area contributed by atoms with E-state index in [1.54, 1.807) is 13.0 Å². The fraction of sp³-hybridized carbons (Fsp3) is 0.450. The number of hydrogen-bond donors (Lipinski definition) is 2. The van der Waals surface area contributed by atoms with Gasteiger partial charge in [0.2, 0.25) is 5.95 Å². The highest BCUT2D eigenvalue weighted by Gasteiger charge is 2.16. The molecular formula is C20H26N4O2. The number of rotatable bonds is 6. The van der Waals surface area contributed by atoms with Crippen LogP contribution in [0.25, 0.3) is 0 Å². The Morgan fingerprint density at radius 2 is 1.96 bits per heavy atom. The molecule has 0 spiro atoms. The first-order valence-corrected chi connectivity index (χ1v) is 9.31. The summed E-state index contributed by atoms with van der Waals surface area (Å²) in [6, 6.07) is 9.66. The van der Waals surface area contributed by atoms with Crippen molar-refractivity contribution in [2.75, 3.05) is 17.2 Å². The van der Waals surface area contributed by atoms with Crippen molar-refractivity contribution in [3.8, 4) is 0 Å². The summed E-state index contributed by atoms with van der Waals surface area (Å²) in [7, 11) is 0. The number of para-hydroxylation sites is 1. The zero-order valence-corrected chi connectivity index (χ0v) is 15.4. The summed E-state index contributed by atoms with van der Waals surface area (Å²) >= 11 is 0. The number of benzene rings is 1. The highest BCUT2D eigenvalue weighted by atomic mass is 16.5. The molecule has 0 radical (unpaired) electrons. The molecular weight excluding hydrogens is 328 g/mol. The van der Waals surface area contributed by atoms with Crippen LogP contribution in [0.2, 0.25) is 0 Å². The van der Waals surface area contributed by atoms with Crippen molar-refractivity contribution < 1.29 is 9.53 Å². The van der Waals surface area contributed by atoms with Crippen molar-refractivity contribution in [2.45, 2.75) is 52.0 Å². The Balaban J connectivity index is 1.79. The first-order chi connectivity index (χ1) is 12.7. The topological polar surface area (TPSA) is 76.1 Å². The van der Waals surface area contributed by atoms with Gasteiger partial charge in [0.05, 0.1) is 17.9 Å². The summed E-state index contributed by atoms with van der Waals surface area (Å²) < 4.78 is 5.12. The lowest BCUT2D eigenvalue weighted by atomic mass is 9.95. The molecule has 0 bridgehead atoms. The highest BCUT2D eigenvalue weighted by Crippen LogP contribution is 2.23. The van der Waals surface area contributed by atoms with Gasteiger partial charge in [-0.3, -0.25) is 0 Å². The molecule has 1 aromatic heterocycles. The summed E-state index contributed by atoms with van der Waals surface area (Å²) in [5.74, 6) is 0.935. The van der Waals surface area contributed by atoms with Crippen molar-refractivity contribution in [1.29, 1.82) is 0 Å². The zero-order chi connectivity index (χ0) is 18.4. The lowest BCUT2D eigenvalue weighted by molar-refractivity contribution is 0.0527. The molecule has 1 saturated carbocycles. The Labute approximate surface area is 154 Å². The van der Waals surface area contributed by atoms with Crippen LogP contribution in [0.3, 0.4) is 0 Å². The lowest BCUT2D eigenvalue weighted by Gasteiger charge is -2.23. The monoisotopic (exact) mass is 354 g/mol. The third-order valence-corrected chi connectivity index (χ3v) is 4.48. The molecule has 1 aliphatic rings. The molecule has 0 saturated heterocycles. The largest absolute Gasteiger partial charge is 0.462 e. The van der Waals surface area contributed by atoms with E-state index in [4.69, 9.17) is 4.74 Å². The average molecular weight is 354 g/mol. The maximum Gasteiger partial charge on any atom is 0.340 e. The van der Waals surface area contributed by atoms with Crippen molar-refractivity contribution >= 4 is 23.4 Å². The zero-order valence-electron chi connectivity index (χ0n) is 15.4. The van der Waals surface area contributed by atoms with Gasteiger partial charge in [-0.15, -0.1) is 0 Å². The van der Waals surface area contributed by atoms with Gasteiger partial charge in [-0.05, 0) is 38.8 Å². The fourth-order valence-electron chi connectivity index (χ4n) is 3.25. The smallest absolute Gasteiger partial charge is 0.340 e. The van der Waals surface area contributed by atoms with Gasteiger partial charge >= 0.3 is 5.97 Å². The number of hydrogen-bond acceptors (Lipinski definition) is 6. The molecule has 1 fully saturated rings. The van der Waals surface area contributed by atoms with E-state index in [-0.39, 0.29) is 5.97 Å². The summed E-state index contributed by atoms with van der Waals surface area (Å²) in [4.78, 5) is 21.2. The SMILES string of the molecule is CCOC(=O)c1ccccc1Nc1nc(C)cc(NC2CCCCC2)n1. The van der Waals surface area contributed by atoms with E-state index in [0.717, 1.165) is 11.5 Å². The van der Waals surface area contributed by atoms with Gasteiger partial charge in [-0.2, -0.15) is 4.98 Å². The van der Waals surface area contributed by atoms with Gasteiger partial charge in [-0.1, -0.05) is 31.4 Å². The van der Waals surface area contributed by atoms with Crippen LogP contribution >= 0.6 is 0 Å². The van der Waals surface area contributed by atoms with E-state index < -0.39 is 0 Å². The van der Waals surface area contributed by atoms with Crippen molar-refractivity contribution in [1.82, 2.24) is 9.97 Å². The second-order valence-corrected chi connectivity index (χ2v) is 6.59. The minimum atomic E-state index is -0.358. The summed E-state index contributed by atoms with van der Waals surface area (Å²) in [6.45, 7) is 4.07. The second kappa shape index (κ2) is 8.65. The second-order valence-electron chi connectivity index (χ2n) is 6.59. The maximum atomic E-state index is 12.1. The quantitative estimate of drug-likeness (QED) is 0.747. The molecule has 0 amide bonds. The Morgan fingerprint density at radius 1 is 1.19 bits per heavy atom. The molecule has 0 atom stereocenters. The van der Waals surface area contributed by atoms with Crippen LogP contribution in [-0.2, 0) is 4.74 Å². The number of anilines is 3. The Kier molecular flexibility index (Phi) is 6.04. The number of nitrogens with zero attached hydrogens (tertiary/aromatic N) is 2. The van der Waals surface area contributed by atoms with Gasteiger partial charge in [0, 0.05) is 17.8 Å². The van der Waals surface area contributed by atoms with Gasteiger partial charge < -0.3 is 15.4 Å². The van der Waals surface area contributed by atoms with E-state index in [2.05, 4.69) is 20.6 Å². The highest BCUT2D eigenvalue weighted by molar-refractivity contribution is 5.96. The number of aromatic nitrogens is 2. The minimum absolute atomic E-state index is 0.337. The molecule has 3 rings (SSSR count). The number of carbonyl (C=O) groups is 1. The number of esters is 1. The summed E-state index contributed by atoms with van der Waals surface area (Å²) in [6.07, 6.45) is 6.20. The van der Waals surface area contributed by atoms with Crippen LogP contribution < -0.4 is 10.6 Å². The van der Waals surface area contributed by atoms with Crippen LogP contribution in [0.15, 0.2) is 30.3 Å². The van der Waals surface area contributed by atoms with E-state index in [0.29, 0.717) is 29.8 Å². The van der Waals surface area contributed by atoms with Crippen molar-refractivity contribution in [3.05, 3.63) is 41.6 Å². The molecule has 26 heavy (non-hydrogen) atoms. The van der Waals surface area contributed by atoms with E-state index in [9.17, 15) is 4.79 Å². The van der Waals surface area contributed by atoms with E-state index >= 15 is 0 Å². The molecule has 2 N–H and O–H groups in total. The van der Waals surface area contributed by atoms with Gasteiger partial charge in [0.25, 0.3) is 0 Å². The number of aryl methyl sites for hydroxylation is 1. The molecule has 0 aliphatic heterocycles. The lowest BCUT2D eigenvalue weighted by Crippen LogP contribution is -2.23. The molecule has 1 heterocycles. The summed E-state index contributed by atoms with van der Waals surface area (Å²) in [5.41, 5.74) is 1.98. The van der Waals surface area contributed by atoms with Crippen LogP contribution in [0.5, 0.6) is 0 Å². The standard InChI is InChI=1S/C20H26N4O2/c1-3-26-19(25)16-11-7-8-12-17(16)23-20-21-14(2)13-18(24-20)22-15-9-5-4-6-10-15/h7-8,11-13,15H,3-6,9-10H2,1-2H3,(H2,21,22,23,24). The predicted octanol–water partition coefficient (Wildman–Crippen LogP) is 4.45. The Hall–Kier alpha value is -2.63. The molecule has 1 aliphatic carbocycles. The molecule has 138 valence electrons. The molecule has 6 heteroatoms. The van der Waals surface area contributed by atoms with Crippen LogP contribution in [0.1, 0.15) is 55.1 Å². The number of nitrogens with one attached hydrogen (secondary N) is 2. The Bertz CT molecular complexity index is 757. The average Bonchev–Trinajstić information content (AvgIpc) is 2.63. The van der Waals surface area contributed by atoms with Gasteiger partial charge in [-0.25, -0.2) is 9.78 Å². The molecule has 1 aromatic carbocycles. The van der Waals surface area contributed by atoms with Crippen molar-refractivity contribution in [2.24, 2.45) is 0 Å². The normalized spacial score (nSPS) is 14.7. The Morgan fingerprint density at radius 3 is 2.73 bits per heavy atom. The third-order valence-electron chi connectivity index (χ3n) is 4.48. The van der Waals surface area contributed by atoms with Gasteiger partial charge in [0.1, 0.15) is 5.82 Å². The maximum absolute atomic E-state index is 12.1. The van der Waals surface area contributed by atoms with E-state index in [1.165, 1.54) is 32.1 Å². The molecule has 2 aromatic rings. The first-order valence-electron chi connectivity index (χ1n) is 9.31. The van der Waals surface area contributed by atoms with Crippen molar-refractivity contribution in [3.63, 3.8) is 0 Å². The third kappa shape index (κ3) is 4.71.